The van der Waals surface area contributed by atoms with E-state index in [2.05, 4.69) is 0 Å². The Morgan fingerprint density at radius 3 is 2.43 bits per heavy atom. The molecule has 0 fully saturated rings. The molecule has 0 amide bonds. The summed E-state index contributed by atoms with van der Waals surface area (Å²) in [5, 5.41) is 2.81. The van der Waals surface area contributed by atoms with Gasteiger partial charge in [-0.1, -0.05) is 48.5 Å². The zero-order valence-electron chi connectivity index (χ0n) is 15.6. The molecule has 0 aliphatic carbocycles. The number of fused-ring (bicyclic) bond motifs is 2. The maximum absolute atomic E-state index is 13.0. The van der Waals surface area contributed by atoms with E-state index in [9.17, 15) is 9.59 Å². The first-order valence-electron chi connectivity index (χ1n) is 8.96. The molecule has 28 heavy (non-hydrogen) atoms. The van der Waals surface area contributed by atoms with Crippen molar-refractivity contribution < 1.29 is 19.1 Å². The van der Waals surface area contributed by atoms with E-state index in [0.717, 1.165) is 10.8 Å². The second kappa shape index (κ2) is 7.19. The highest BCUT2D eigenvalue weighted by Gasteiger charge is 2.23. The molecular weight excluding hydrogens is 354 g/mol. The van der Waals surface area contributed by atoms with Gasteiger partial charge in [-0.3, -0.25) is 9.36 Å². The highest BCUT2D eigenvalue weighted by molar-refractivity contribution is 6.07. The van der Waals surface area contributed by atoms with Gasteiger partial charge < -0.3 is 9.47 Å². The molecule has 5 nitrogen and oxygen atoms in total. The lowest BCUT2D eigenvalue weighted by atomic mass is 10.1. The van der Waals surface area contributed by atoms with Crippen molar-refractivity contribution in [3.8, 4) is 5.75 Å². The Hall–Kier alpha value is -3.60. The lowest BCUT2D eigenvalue weighted by molar-refractivity contribution is 0.0602. The fraction of sp³-hybridized carbons (Fsp3) is 0.130. The van der Waals surface area contributed by atoms with Crippen molar-refractivity contribution in [3.05, 3.63) is 78.5 Å². The number of hydrogen-bond donors (Lipinski definition) is 0. The Bertz CT molecular complexity index is 1190. The largest absolute Gasteiger partial charge is 0.481 e. The third-order valence-corrected chi connectivity index (χ3v) is 4.74. The average Bonchev–Trinajstić information content (AvgIpc) is 3.12. The molecule has 1 atom stereocenters. The Morgan fingerprint density at radius 1 is 0.929 bits per heavy atom. The topological polar surface area (TPSA) is 57.5 Å². The van der Waals surface area contributed by atoms with Crippen LogP contribution in [0.25, 0.3) is 21.7 Å². The van der Waals surface area contributed by atoms with Gasteiger partial charge in [-0.2, -0.15) is 0 Å². The van der Waals surface area contributed by atoms with Crippen LogP contribution in [-0.2, 0) is 4.74 Å². The quantitative estimate of drug-likeness (QED) is 0.487. The van der Waals surface area contributed by atoms with E-state index in [1.54, 1.807) is 19.1 Å². The number of para-hydroxylation sites is 1. The molecule has 0 spiro atoms. The Labute approximate surface area is 162 Å². The summed E-state index contributed by atoms with van der Waals surface area (Å²) in [4.78, 5) is 25.1. The predicted octanol–water partition coefficient (Wildman–Crippen LogP) is 4.69. The first-order chi connectivity index (χ1) is 13.6. The first-order valence-corrected chi connectivity index (χ1v) is 8.96. The van der Waals surface area contributed by atoms with Crippen molar-refractivity contribution in [3.63, 3.8) is 0 Å². The van der Waals surface area contributed by atoms with Crippen LogP contribution in [0.1, 0.15) is 22.1 Å². The third-order valence-electron chi connectivity index (χ3n) is 4.74. The van der Waals surface area contributed by atoms with Crippen molar-refractivity contribution in [1.82, 2.24) is 4.57 Å². The first kappa shape index (κ1) is 17.8. The summed E-state index contributed by atoms with van der Waals surface area (Å²) in [6.45, 7) is 1.70. The van der Waals surface area contributed by atoms with Crippen LogP contribution in [0.2, 0.25) is 0 Å². The summed E-state index contributed by atoms with van der Waals surface area (Å²) >= 11 is 0. The third kappa shape index (κ3) is 3.11. The van der Waals surface area contributed by atoms with Gasteiger partial charge in [0, 0.05) is 11.6 Å². The van der Waals surface area contributed by atoms with Gasteiger partial charge in [-0.25, -0.2) is 4.79 Å². The van der Waals surface area contributed by atoms with Crippen LogP contribution < -0.4 is 4.74 Å². The van der Waals surface area contributed by atoms with E-state index < -0.39 is 12.1 Å². The van der Waals surface area contributed by atoms with E-state index in [1.807, 2.05) is 54.6 Å². The van der Waals surface area contributed by atoms with Crippen molar-refractivity contribution in [2.24, 2.45) is 0 Å². The molecule has 4 aromatic rings. The van der Waals surface area contributed by atoms with E-state index in [1.165, 1.54) is 17.9 Å². The van der Waals surface area contributed by atoms with Gasteiger partial charge in [0.05, 0.1) is 18.2 Å². The Balaban J connectivity index is 1.65. The Morgan fingerprint density at radius 2 is 1.64 bits per heavy atom. The Kier molecular flexibility index (Phi) is 4.57. The van der Waals surface area contributed by atoms with Crippen LogP contribution >= 0.6 is 0 Å². The molecule has 0 N–H and O–H groups in total. The van der Waals surface area contributed by atoms with Gasteiger partial charge in [-0.05, 0) is 35.9 Å². The number of hydrogen-bond acceptors (Lipinski definition) is 4. The minimum absolute atomic E-state index is 0.264. The molecule has 0 saturated carbocycles. The highest BCUT2D eigenvalue weighted by Crippen LogP contribution is 2.24. The standard InChI is InChI=1S/C23H19NO4/c1-15(28-18-12-11-16-7-3-4-8-17(16)13-18)22(25)24-14-20(23(26)27-2)19-9-5-6-10-21(19)24/h3-15H,1-2H3/t15-/m1/s1. The van der Waals surface area contributed by atoms with Gasteiger partial charge in [0.2, 0.25) is 0 Å². The lowest BCUT2D eigenvalue weighted by Gasteiger charge is -2.15. The van der Waals surface area contributed by atoms with Crippen LogP contribution in [0.4, 0.5) is 0 Å². The number of benzene rings is 3. The fourth-order valence-corrected chi connectivity index (χ4v) is 3.33. The van der Waals surface area contributed by atoms with Crippen molar-refractivity contribution in [2.75, 3.05) is 7.11 Å². The summed E-state index contributed by atoms with van der Waals surface area (Å²) in [6.07, 6.45) is 0.779. The monoisotopic (exact) mass is 373 g/mol. The molecule has 1 aromatic heterocycles. The molecule has 140 valence electrons. The number of ether oxygens (including phenoxy) is 2. The summed E-state index contributed by atoms with van der Waals surface area (Å²) in [5.74, 6) is -0.130. The summed E-state index contributed by atoms with van der Waals surface area (Å²) in [5.41, 5.74) is 0.992. The minimum atomic E-state index is -0.734. The van der Waals surface area contributed by atoms with E-state index in [-0.39, 0.29) is 5.91 Å². The molecular formula is C23H19NO4. The highest BCUT2D eigenvalue weighted by atomic mass is 16.5. The SMILES string of the molecule is COC(=O)c1cn(C(=O)[C@@H](C)Oc2ccc3ccccc3c2)c2ccccc12. The van der Waals surface area contributed by atoms with Crippen molar-refractivity contribution in [2.45, 2.75) is 13.0 Å². The molecule has 0 aliphatic heterocycles. The molecule has 0 unspecified atom stereocenters. The van der Waals surface area contributed by atoms with Crippen LogP contribution in [0.5, 0.6) is 5.75 Å². The van der Waals surface area contributed by atoms with E-state index >= 15 is 0 Å². The second-order valence-corrected chi connectivity index (χ2v) is 6.53. The number of aromatic nitrogens is 1. The van der Waals surface area contributed by atoms with Crippen LogP contribution in [0.15, 0.2) is 72.9 Å². The van der Waals surface area contributed by atoms with Gasteiger partial charge in [-0.15, -0.1) is 0 Å². The second-order valence-electron chi connectivity index (χ2n) is 6.53. The normalized spacial score (nSPS) is 12.1. The van der Waals surface area contributed by atoms with Crippen molar-refractivity contribution in [1.29, 1.82) is 0 Å². The average molecular weight is 373 g/mol. The number of carbonyl (C=O) groups excluding carboxylic acids is 2. The smallest absolute Gasteiger partial charge is 0.340 e. The lowest BCUT2D eigenvalue weighted by Crippen LogP contribution is -2.28. The van der Waals surface area contributed by atoms with Crippen LogP contribution in [-0.4, -0.2) is 29.7 Å². The summed E-state index contributed by atoms with van der Waals surface area (Å²) in [7, 11) is 1.32. The maximum atomic E-state index is 13.0. The number of methoxy groups -OCH3 is 1. The van der Waals surface area contributed by atoms with Crippen LogP contribution in [0.3, 0.4) is 0 Å². The number of nitrogens with zero attached hydrogens (tertiary/aromatic N) is 1. The zero-order valence-corrected chi connectivity index (χ0v) is 15.6. The molecule has 4 rings (SSSR count). The molecule has 0 bridgehead atoms. The molecule has 3 aromatic carbocycles. The molecule has 0 radical (unpaired) electrons. The number of rotatable bonds is 4. The fourth-order valence-electron chi connectivity index (χ4n) is 3.33. The van der Waals surface area contributed by atoms with E-state index in [4.69, 9.17) is 9.47 Å². The van der Waals surface area contributed by atoms with Crippen molar-refractivity contribution >= 4 is 33.6 Å². The zero-order chi connectivity index (χ0) is 19.7. The molecule has 5 heteroatoms. The van der Waals surface area contributed by atoms with Crippen LogP contribution in [0, 0.1) is 0 Å². The minimum Gasteiger partial charge on any atom is -0.481 e. The maximum Gasteiger partial charge on any atom is 0.340 e. The van der Waals surface area contributed by atoms with Gasteiger partial charge >= 0.3 is 5.97 Å². The summed E-state index contributed by atoms with van der Waals surface area (Å²) in [6, 6.07) is 20.9. The van der Waals surface area contributed by atoms with Gasteiger partial charge in [0.25, 0.3) is 5.91 Å². The van der Waals surface area contributed by atoms with Gasteiger partial charge in [0.15, 0.2) is 6.10 Å². The van der Waals surface area contributed by atoms with E-state index in [0.29, 0.717) is 22.2 Å². The predicted molar refractivity (Wildman–Crippen MR) is 108 cm³/mol. The molecule has 0 aliphatic rings. The summed E-state index contributed by atoms with van der Waals surface area (Å²) < 4.78 is 12.2. The molecule has 1 heterocycles. The number of esters is 1. The number of carbonyl (C=O) groups is 2. The molecule has 0 saturated heterocycles. The van der Waals surface area contributed by atoms with Gasteiger partial charge in [0.1, 0.15) is 5.75 Å².